The van der Waals surface area contributed by atoms with Crippen molar-refractivity contribution in [3.05, 3.63) is 106 Å². The van der Waals surface area contributed by atoms with Gasteiger partial charge in [0.05, 0.1) is 4.91 Å². The summed E-state index contributed by atoms with van der Waals surface area (Å²) in [6.07, 6.45) is 3.76. The second kappa shape index (κ2) is 10.7. The second-order valence-electron chi connectivity index (χ2n) is 9.81. The maximum Gasteiger partial charge on any atom is 0.294 e. The van der Waals surface area contributed by atoms with E-state index in [-0.39, 0.29) is 6.54 Å². The van der Waals surface area contributed by atoms with Crippen molar-refractivity contribution in [3.63, 3.8) is 0 Å². The van der Waals surface area contributed by atoms with E-state index in [1.165, 1.54) is 16.7 Å². The summed E-state index contributed by atoms with van der Waals surface area (Å²) >= 11 is 0.863. The standard InChI is InChI=1S/C31H29N3O3S/c1-20(2)23-12-14-25(15-13-23)32-29(35)19-34-30(36)28(38-31(34)37)16-24-18-33(27-7-5-4-6-26(24)27)17-22-10-8-21(3)9-11-22/h4-16,18,20H,17,19H2,1-3H3,(H,32,35)/b28-16-. The fraction of sp³-hybridized carbons (Fsp3) is 0.194. The van der Waals surface area contributed by atoms with Gasteiger partial charge in [-0.25, -0.2) is 0 Å². The molecule has 1 aliphatic rings. The minimum Gasteiger partial charge on any atom is -0.342 e. The van der Waals surface area contributed by atoms with Crippen molar-refractivity contribution in [2.75, 3.05) is 11.9 Å². The number of thioether (sulfide) groups is 1. The van der Waals surface area contributed by atoms with Crippen LogP contribution in [0.25, 0.3) is 17.0 Å². The fourth-order valence-corrected chi connectivity index (χ4v) is 5.31. The van der Waals surface area contributed by atoms with Crippen molar-refractivity contribution in [2.24, 2.45) is 0 Å². The minimum atomic E-state index is -0.458. The molecule has 6 nitrogen and oxygen atoms in total. The zero-order chi connectivity index (χ0) is 26.8. The molecular formula is C31H29N3O3S. The molecule has 0 spiro atoms. The molecule has 1 N–H and O–H groups in total. The Morgan fingerprint density at radius 2 is 1.68 bits per heavy atom. The van der Waals surface area contributed by atoms with Crippen LogP contribution in [0.1, 0.15) is 42.0 Å². The van der Waals surface area contributed by atoms with E-state index in [4.69, 9.17) is 0 Å². The molecule has 3 amide bonds. The van der Waals surface area contributed by atoms with Gasteiger partial charge in [-0.15, -0.1) is 0 Å². The van der Waals surface area contributed by atoms with Gasteiger partial charge < -0.3 is 9.88 Å². The smallest absolute Gasteiger partial charge is 0.294 e. The Hall–Kier alpha value is -4.10. The highest BCUT2D eigenvalue weighted by Gasteiger charge is 2.36. The molecule has 1 saturated heterocycles. The number of nitrogens with zero attached hydrogens (tertiary/aromatic N) is 2. The zero-order valence-corrected chi connectivity index (χ0v) is 22.4. The van der Waals surface area contributed by atoms with E-state index < -0.39 is 17.1 Å². The number of aryl methyl sites for hydroxylation is 1. The molecule has 0 bridgehead atoms. The predicted octanol–water partition coefficient (Wildman–Crippen LogP) is 6.80. The molecule has 0 aliphatic carbocycles. The van der Waals surface area contributed by atoms with Crippen LogP contribution in [0.15, 0.2) is 83.9 Å². The third-order valence-electron chi connectivity index (χ3n) is 6.62. The van der Waals surface area contributed by atoms with Gasteiger partial charge in [0.25, 0.3) is 11.1 Å². The van der Waals surface area contributed by atoms with Crippen LogP contribution in [0.5, 0.6) is 0 Å². The molecule has 1 aromatic heterocycles. The molecule has 1 fully saturated rings. The Labute approximate surface area is 226 Å². The third kappa shape index (κ3) is 5.43. The highest BCUT2D eigenvalue weighted by Crippen LogP contribution is 2.34. The summed E-state index contributed by atoms with van der Waals surface area (Å²) in [5, 5.41) is 3.32. The van der Waals surface area contributed by atoms with Crippen LogP contribution in [0.3, 0.4) is 0 Å². The molecule has 0 saturated carbocycles. The fourth-order valence-electron chi connectivity index (χ4n) is 4.48. The van der Waals surface area contributed by atoms with E-state index in [9.17, 15) is 14.4 Å². The number of benzene rings is 3. The summed E-state index contributed by atoms with van der Waals surface area (Å²) < 4.78 is 2.15. The minimum absolute atomic E-state index is 0.308. The zero-order valence-electron chi connectivity index (χ0n) is 21.6. The first kappa shape index (κ1) is 25.5. The van der Waals surface area contributed by atoms with Gasteiger partial charge in [-0.1, -0.05) is 74.0 Å². The van der Waals surface area contributed by atoms with Gasteiger partial charge in [0.15, 0.2) is 0 Å². The first-order valence-corrected chi connectivity index (χ1v) is 13.4. The quantitative estimate of drug-likeness (QED) is 0.271. The normalized spacial score (nSPS) is 14.7. The van der Waals surface area contributed by atoms with Crippen LogP contribution < -0.4 is 5.32 Å². The molecule has 38 heavy (non-hydrogen) atoms. The summed E-state index contributed by atoms with van der Waals surface area (Å²) in [5.41, 5.74) is 6.07. The van der Waals surface area contributed by atoms with Crippen molar-refractivity contribution in [3.8, 4) is 0 Å². The Balaban J connectivity index is 1.33. The highest BCUT2D eigenvalue weighted by molar-refractivity contribution is 8.18. The molecule has 0 radical (unpaired) electrons. The van der Waals surface area contributed by atoms with E-state index >= 15 is 0 Å². The molecule has 7 heteroatoms. The van der Waals surface area contributed by atoms with Crippen molar-refractivity contribution in [2.45, 2.75) is 33.2 Å². The van der Waals surface area contributed by atoms with Gasteiger partial charge in [-0.05, 0) is 60.0 Å². The van der Waals surface area contributed by atoms with Gasteiger partial charge >= 0.3 is 0 Å². The lowest BCUT2D eigenvalue weighted by atomic mass is 10.0. The van der Waals surface area contributed by atoms with E-state index in [0.29, 0.717) is 23.1 Å². The van der Waals surface area contributed by atoms with Crippen molar-refractivity contribution < 1.29 is 14.4 Å². The van der Waals surface area contributed by atoms with Gasteiger partial charge in [-0.3, -0.25) is 19.3 Å². The van der Waals surface area contributed by atoms with Crippen LogP contribution in [0.2, 0.25) is 0 Å². The number of para-hydroxylation sites is 1. The van der Waals surface area contributed by atoms with Crippen molar-refractivity contribution in [1.82, 2.24) is 9.47 Å². The number of rotatable bonds is 7. The van der Waals surface area contributed by atoms with Gasteiger partial charge in [-0.2, -0.15) is 0 Å². The van der Waals surface area contributed by atoms with E-state index in [2.05, 4.69) is 54.9 Å². The molecule has 3 aromatic carbocycles. The molecule has 4 aromatic rings. The summed E-state index contributed by atoms with van der Waals surface area (Å²) in [4.78, 5) is 39.7. The van der Waals surface area contributed by atoms with Crippen LogP contribution in [0, 0.1) is 6.92 Å². The molecule has 192 valence electrons. The number of carbonyl (C=O) groups is 3. The first-order valence-electron chi connectivity index (χ1n) is 12.6. The summed E-state index contributed by atoms with van der Waals surface area (Å²) in [6.45, 7) is 6.62. The highest BCUT2D eigenvalue weighted by atomic mass is 32.2. The Morgan fingerprint density at radius 3 is 2.39 bits per heavy atom. The Bertz CT molecular complexity index is 1550. The Kier molecular flexibility index (Phi) is 7.20. The SMILES string of the molecule is Cc1ccc(Cn2cc(/C=C3\SC(=O)N(CC(=O)Nc4ccc(C(C)C)cc4)C3=O)c3ccccc32)cc1. The number of anilines is 1. The predicted molar refractivity (Wildman–Crippen MR) is 154 cm³/mol. The van der Waals surface area contributed by atoms with E-state index in [1.807, 2.05) is 54.7 Å². The van der Waals surface area contributed by atoms with Crippen LogP contribution >= 0.6 is 11.8 Å². The number of carbonyl (C=O) groups excluding carboxylic acids is 3. The summed E-state index contributed by atoms with van der Waals surface area (Å²) in [6, 6.07) is 24.0. The number of amides is 3. The molecule has 1 aliphatic heterocycles. The number of aromatic nitrogens is 1. The van der Waals surface area contributed by atoms with Crippen LogP contribution in [-0.4, -0.2) is 33.1 Å². The number of hydrogen-bond donors (Lipinski definition) is 1. The summed E-state index contributed by atoms with van der Waals surface area (Å²) in [7, 11) is 0. The van der Waals surface area contributed by atoms with Gasteiger partial charge in [0.2, 0.25) is 5.91 Å². The lowest BCUT2D eigenvalue weighted by Gasteiger charge is -2.13. The third-order valence-corrected chi connectivity index (χ3v) is 7.52. The van der Waals surface area contributed by atoms with Crippen molar-refractivity contribution >= 4 is 51.5 Å². The molecule has 5 rings (SSSR count). The Morgan fingerprint density at radius 1 is 0.974 bits per heavy atom. The van der Waals surface area contributed by atoms with Gasteiger partial charge in [0, 0.05) is 34.9 Å². The lowest BCUT2D eigenvalue weighted by Crippen LogP contribution is -2.36. The number of imide groups is 1. The molecular weight excluding hydrogens is 494 g/mol. The second-order valence-corrected chi connectivity index (χ2v) is 10.8. The van der Waals surface area contributed by atoms with E-state index in [0.717, 1.165) is 33.1 Å². The summed E-state index contributed by atoms with van der Waals surface area (Å²) in [5.74, 6) is -0.486. The maximum absolute atomic E-state index is 13.1. The maximum atomic E-state index is 13.1. The molecule has 0 atom stereocenters. The molecule has 2 heterocycles. The van der Waals surface area contributed by atoms with Crippen LogP contribution in [-0.2, 0) is 16.1 Å². The van der Waals surface area contributed by atoms with Gasteiger partial charge in [0.1, 0.15) is 6.54 Å². The largest absolute Gasteiger partial charge is 0.342 e. The average molecular weight is 524 g/mol. The topological polar surface area (TPSA) is 71.4 Å². The van der Waals surface area contributed by atoms with E-state index in [1.54, 1.807) is 6.08 Å². The monoisotopic (exact) mass is 523 g/mol. The lowest BCUT2D eigenvalue weighted by molar-refractivity contribution is -0.127. The number of fused-ring (bicyclic) bond motifs is 1. The first-order chi connectivity index (χ1) is 18.3. The van der Waals surface area contributed by atoms with Crippen molar-refractivity contribution in [1.29, 1.82) is 0 Å². The number of nitrogens with one attached hydrogen (secondary N) is 1. The average Bonchev–Trinajstić information content (AvgIpc) is 3.37. The van der Waals surface area contributed by atoms with Crippen LogP contribution in [0.4, 0.5) is 10.5 Å². The molecule has 0 unspecified atom stereocenters. The number of hydrogen-bond acceptors (Lipinski definition) is 4.